The van der Waals surface area contributed by atoms with E-state index in [1.165, 1.54) is 6.92 Å². The van der Waals surface area contributed by atoms with Crippen LogP contribution in [0.25, 0.3) is 0 Å². The molecule has 0 bridgehead atoms. The molecule has 2 rings (SSSR count). The van der Waals surface area contributed by atoms with Crippen molar-refractivity contribution >= 4 is 23.0 Å². The Morgan fingerprint density at radius 1 is 1.00 bits per heavy atom. The summed E-state index contributed by atoms with van der Waals surface area (Å²) in [6.45, 7) is 5.19. The number of hydrogen-bond acceptors (Lipinski definition) is 5. The molecule has 0 unspecified atom stereocenters. The van der Waals surface area contributed by atoms with Gasteiger partial charge in [-0.2, -0.15) is 0 Å². The van der Waals surface area contributed by atoms with Gasteiger partial charge < -0.3 is 5.32 Å². The van der Waals surface area contributed by atoms with Crippen LogP contribution in [0.4, 0.5) is 17.1 Å². The van der Waals surface area contributed by atoms with E-state index >= 15 is 0 Å². The summed E-state index contributed by atoms with van der Waals surface area (Å²) < 4.78 is 0. The number of carbonyl (C=O) groups is 1. The number of anilines is 1. The summed E-state index contributed by atoms with van der Waals surface area (Å²) in [6.07, 6.45) is 1.38. The van der Waals surface area contributed by atoms with Crippen molar-refractivity contribution < 1.29 is 14.6 Å². The van der Waals surface area contributed by atoms with Crippen molar-refractivity contribution in [1.82, 2.24) is 0 Å². The van der Waals surface area contributed by atoms with E-state index in [9.17, 15) is 25.0 Å². The normalized spacial score (nSPS) is 10.4. The van der Waals surface area contributed by atoms with Crippen LogP contribution in [0.1, 0.15) is 40.9 Å². The molecule has 0 atom stereocenters. The van der Waals surface area contributed by atoms with Gasteiger partial charge in [-0.05, 0) is 30.9 Å². The molecule has 2 aromatic carbocycles. The van der Waals surface area contributed by atoms with E-state index in [1.807, 2.05) is 32.0 Å². The molecule has 0 aliphatic rings. The van der Waals surface area contributed by atoms with Gasteiger partial charge in [0, 0.05) is 17.8 Å². The van der Waals surface area contributed by atoms with Gasteiger partial charge in [-0.1, -0.05) is 32.0 Å². The third-order valence-electron chi connectivity index (χ3n) is 4.25. The van der Waals surface area contributed by atoms with Crippen LogP contribution in [0.15, 0.2) is 30.3 Å². The molecule has 8 heteroatoms. The molecule has 136 valence electrons. The van der Waals surface area contributed by atoms with Crippen LogP contribution < -0.4 is 5.32 Å². The van der Waals surface area contributed by atoms with Gasteiger partial charge in [0.05, 0.1) is 15.4 Å². The van der Waals surface area contributed by atoms with Crippen molar-refractivity contribution in [3.05, 3.63) is 72.8 Å². The lowest BCUT2D eigenvalue weighted by Crippen LogP contribution is -2.16. The van der Waals surface area contributed by atoms with Gasteiger partial charge in [-0.3, -0.25) is 25.0 Å². The minimum atomic E-state index is -0.726. The Morgan fingerprint density at radius 3 is 1.85 bits per heavy atom. The minimum Gasteiger partial charge on any atom is -0.321 e. The molecule has 0 aliphatic heterocycles. The fourth-order valence-corrected chi connectivity index (χ4v) is 2.78. The Labute approximate surface area is 150 Å². The summed E-state index contributed by atoms with van der Waals surface area (Å²) in [4.78, 5) is 33.6. The van der Waals surface area contributed by atoms with Crippen LogP contribution in [0.3, 0.4) is 0 Å². The van der Waals surface area contributed by atoms with Gasteiger partial charge >= 0.3 is 0 Å². The second kappa shape index (κ2) is 7.73. The van der Waals surface area contributed by atoms with E-state index in [1.54, 1.807) is 0 Å². The molecule has 0 aromatic heterocycles. The van der Waals surface area contributed by atoms with E-state index in [0.29, 0.717) is 18.5 Å². The topological polar surface area (TPSA) is 115 Å². The molecule has 0 saturated carbocycles. The third-order valence-corrected chi connectivity index (χ3v) is 4.25. The predicted molar refractivity (Wildman–Crippen MR) is 97.6 cm³/mol. The lowest BCUT2D eigenvalue weighted by atomic mass is 10.0. The average Bonchev–Trinajstić information content (AvgIpc) is 2.61. The quantitative estimate of drug-likeness (QED) is 0.615. The Kier molecular flexibility index (Phi) is 5.66. The Morgan fingerprint density at radius 2 is 1.46 bits per heavy atom. The molecule has 0 aliphatic carbocycles. The largest absolute Gasteiger partial charge is 0.321 e. The number of carbonyl (C=O) groups excluding carboxylic acids is 1. The number of nitro benzene ring substituents is 2. The summed E-state index contributed by atoms with van der Waals surface area (Å²) in [7, 11) is 0. The zero-order valence-corrected chi connectivity index (χ0v) is 14.7. The molecule has 1 amide bonds. The summed E-state index contributed by atoms with van der Waals surface area (Å²) in [5, 5.41) is 25.1. The second-order valence-corrected chi connectivity index (χ2v) is 5.77. The fourth-order valence-electron chi connectivity index (χ4n) is 2.78. The lowest BCUT2D eigenvalue weighted by Gasteiger charge is -2.14. The molecule has 0 radical (unpaired) electrons. The third kappa shape index (κ3) is 3.69. The first kappa shape index (κ1) is 19.0. The molecular weight excluding hydrogens is 338 g/mol. The van der Waals surface area contributed by atoms with Crippen molar-refractivity contribution in [3.63, 3.8) is 0 Å². The smallest absolute Gasteiger partial charge is 0.279 e. The molecule has 8 nitrogen and oxygen atoms in total. The van der Waals surface area contributed by atoms with Crippen molar-refractivity contribution in [2.24, 2.45) is 0 Å². The number of aryl methyl sites for hydroxylation is 2. The maximum Gasteiger partial charge on any atom is 0.279 e. The van der Waals surface area contributed by atoms with Crippen LogP contribution in [0.5, 0.6) is 0 Å². The molecule has 0 heterocycles. The molecular formula is C18H19N3O5. The molecule has 2 aromatic rings. The summed E-state index contributed by atoms with van der Waals surface area (Å²) in [5.41, 5.74) is 1.38. The van der Waals surface area contributed by atoms with Gasteiger partial charge in [-0.15, -0.1) is 0 Å². The first-order chi connectivity index (χ1) is 12.3. The lowest BCUT2D eigenvalue weighted by molar-refractivity contribution is -0.395. The fraction of sp³-hybridized carbons (Fsp3) is 0.278. The molecule has 0 fully saturated rings. The Hall–Kier alpha value is -3.29. The highest BCUT2D eigenvalue weighted by Crippen LogP contribution is 2.30. The van der Waals surface area contributed by atoms with Gasteiger partial charge in [0.1, 0.15) is 5.56 Å². The maximum atomic E-state index is 12.7. The van der Waals surface area contributed by atoms with Crippen molar-refractivity contribution in [2.75, 3.05) is 5.32 Å². The molecule has 0 saturated heterocycles. The van der Waals surface area contributed by atoms with Crippen molar-refractivity contribution in [3.8, 4) is 0 Å². The number of nitrogens with one attached hydrogen (secondary N) is 1. The van der Waals surface area contributed by atoms with Crippen molar-refractivity contribution in [2.45, 2.75) is 33.6 Å². The van der Waals surface area contributed by atoms with Gasteiger partial charge in [-0.25, -0.2) is 0 Å². The average molecular weight is 357 g/mol. The number of para-hydroxylation sites is 1. The van der Waals surface area contributed by atoms with Gasteiger partial charge in [0.15, 0.2) is 0 Å². The van der Waals surface area contributed by atoms with Crippen LogP contribution in [0.2, 0.25) is 0 Å². The van der Waals surface area contributed by atoms with Crippen LogP contribution in [-0.4, -0.2) is 15.8 Å². The highest BCUT2D eigenvalue weighted by Gasteiger charge is 2.25. The standard InChI is InChI=1S/C18H19N3O5/c1-4-12-7-6-8-13(5-2)17(12)19-18(22)14-9-15(20(23)24)11(3)16(10-14)21(25)26/h6-10H,4-5H2,1-3H3,(H,19,22). The zero-order valence-electron chi connectivity index (χ0n) is 14.7. The van der Waals surface area contributed by atoms with E-state index in [4.69, 9.17) is 0 Å². The first-order valence-electron chi connectivity index (χ1n) is 8.15. The number of benzene rings is 2. The summed E-state index contributed by atoms with van der Waals surface area (Å²) >= 11 is 0. The Balaban J connectivity index is 2.52. The molecule has 0 spiro atoms. The van der Waals surface area contributed by atoms with Crippen LogP contribution in [-0.2, 0) is 12.8 Å². The van der Waals surface area contributed by atoms with Gasteiger partial charge in [0.2, 0.25) is 0 Å². The highest BCUT2D eigenvalue weighted by atomic mass is 16.6. The van der Waals surface area contributed by atoms with E-state index in [2.05, 4.69) is 5.32 Å². The monoisotopic (exact) mass is 357 g/mol. The number of amides is 1. The second-order valence-electron chi connectivity index (χ2n) is 5.77. The Bertz CT molecular complexity index is 835. The van der Waals surface area contributed by atoms with Crippen LogP contribution in [0, 0.1) is 27.2 Å². The number of nitrogens with zero attached hydrogens (tertiary/aromatic N) is 2. The van der Waals surface area contributed by atoms with Crippen molar-refractivity contribution in [1.29, 1.82) is 0 Å². The van der Waals surface area contributed by atoms with Gasteiger partial charge in [0.25, 0.3) is 17.3 Å². The summed E-state index contributed by atoms with van der Waals surface area (Å²) in [5.74, 6) is -0.619. The number of nitro groups is 2. The number of hydrogen-bond donors (Lipinski definition) is 1. The number of rotatable bonds is 6. The van der Waals surface area contributed by atoms with E-state index < -0.39 is 27.1 Å². The van der Waals surface area contributed by atoms with Crippen LogP contribution >= 0.6 is 0 Å². The molecule has 26 heavy (non-hydrogen) atoms. The van der Waals surface area contributed by atoms with E-state index in [-0.39, 0.29) is 11.1 Å². The highest BCUT2D eigenvalue weighted by molar-refractivity contribution is 6.06. The summed E-state index contributed by atoms with van der Waals surface area (Å²) in [6, 6.07) is 7.80. The first-order valence-corrected chi connectivity index (χ1v) is 8.15. The van der Waals surface area contributed by atoms with E-state index in [0.717, 1.165) is 23.3 Å². The SMILES string of the molecule is CCc1cccc(CC)c1NC(=O)c1cc([N+](=O)[O-])c(C)c([N+](=O)[O-])c1. The minimum absolute atomic E-state index is 0.0836. The molecule has 1 N–H and O–H groups in total. The predicted octanol–water partition coefficient (Wildman–Crippen LogP) is 4.19. The maximum absolute atomic E-state index is 12.7. The zero-order chi connectivity index (χ0) is 19.4.